The predicted molar refractivity (Wildman–Crippen MR) is 44.0 cm³/mol. The number of rotatable bonds is 0. The van der Waals surface area contributed by atoms with Crippen molar-refractivity contribution in [1.29, 1.82) is 0 Å². The van der Waals surface area contributed by atoms with Crippen LogP contribution in [0.3, 0.4) is 0 Å². The molecular weight excluding hydrogens is 156 g/mol. The number of aromatic nitrogens is 2. The molecule has 0 saturated heterocycles. The summed E-state index contributed by atoms with van der Waals surface area (Å²) in [6.07, 6.45) is 4.22. The van der Waals surface area contributed by atoms with Gasteiger partial charge in [0.05, 0.1) is 5.39 Å². The number of hydrogen-bond donors (Lipinski definition) is 2. The third-order valence-electron chi connectivity index (χ3n) is 1.68. The average Bonchev–Trinajstić information content (AvgIpc) is 2.12. The van der Waals surface area contributed by atoms with Gasteiger partial charge in [0, 0.05) is 24.0 Å². The highest BCUT2D eigenvalue weighted by molar-refractivity contribution is 5.85. The Kier molecular flexibility index (Phi) is 1.33. The second-order valence-corrected chi connectivity index (χ2v) is 2.42. The first-order valence-corrected chi connectivity index (χ1v) is 3.43. The van der Waals surface area contributed by atoms with Gasteiger partial charge in [-0.2, -0.15) is 0 Å². The number of nitrogens with zero attached hydrogens (tertiary/aromatic N) is 1. The van der Waals surface area contributed by atoms with Crippen LogP contribution in [-0.4, -0.2) is 15.1 Å². The summed E-state index contributed by atoms with van der Waals surface area (Å²) < 4.78 is 0. The van der Waals surface area contributed by atoms with Gasteiger partial charge >= 0.3 is 0 Å². The Hall–Kier alpha value is -1.84. The van der Waals surface area contributed by atoms with Crippen LogP contribution in [0.1, 0.15) is 0 Å². The first kappa shape index (κ1) is 6.84. The summed E-state index contributed by atoms with van der Waals surface area (Å²) in [7, 11) is 0. The molecule has 0 spiro atoms. The highest BCUT2D eigenvalue weighted by atomic mass is 16.3. The molecule has 0 unspecified atom stereocenters. The van der Waals surface area contributed by atoms with Gasteiger partial charge in [-0.05, 0) is 6.07 Å². The summed E-state index contributed by atoms with van der Waals surface area (Å²) in [6.45, 7) is 0. The number of aromatic amines is 1. The maximum atomic E-state index is 11.1. The molecule has 0 aliphatic heterocycles. The van der Waals surface area contributed by atoms with Gasteiger partial charge in [0.1, 0.15) is 5.75 Å². The van der Waals surface area contributed by atoms with Crippen molar-refractivity contribution in [1.82, 2.24) is 9.97 Å². The molecule has 60 valence electrons. The zero-order valence-electron chi connectivity index (χ0n) is 6.11. The Morgan fingerprint density at radius 1 is 1.42 bits per heavy atom. The van der Waals surface area contributed by atoms with Gasteiger partial charge in [-0.25, -0.2) is 0 Å². The van der Waals surface area contributed by atoms with Crippen molar-refractivity contribution in [2.24, 2.45) is 0 Å². The molecule has 0 bridgehead atoms. The van der Waals surface area contributed by atoms with Crippen molar-refractivity contribution in [3.05, 3.63) is 35.0 Å². The Balaban J connectivity index is 3.05. The van der Waals surface area contributed by atoms with E-state index < -0.39 is 0 Å². The van der Waals surface area contributed by atoms with Gasteiger partial charge in [0.2, 0.25) is 0 Å². The molecule has 0 aliphatic rings. The number of fused-ring (bicyclic) bond motifs is 1. The van der Waals surface area contributed by atoms with E-state index in [9.17, 15) is 9.90 Å². The SMILES string of the molecule is O=c1[nH]cc(O)c2ccncc12. The van der Waals surface area contributed by atoms with Crippen molar-refractivity contribution < 1.29 is 5.11 Å². The van der Waals surface area contributed by atoms with Gasteiger partial charge < -0.3 is 10.1 Å². The molecule has 0 aromatic carbocycles. The van der Waals surface area contributed by atoms with Gasteiger partial charge in [-0.3, -0.25) is 9.78 Å². The van der Waals surface area contributed by atoms with Crippen molar-refractivity contribution in [2.75, 3.05) is 0 Å². The van der Waals surface area contributed by atoms with Crippen molar-refractivity contribution >= 4 is 10.8 Å². The lowest BCUT2D eigenvalue weighted by molar-refractivity contribution is 0.479. The maximum absolute atomic E-state index is 11.1. The first-order chi connectivity index (χ1) is 5.79. The number of H-pyrrole nitrogens is 1. The molecule has 2 aromatic heterocycles. The fraction of sp³-hybridized carbons (Fsp3) is 0. The van der Waals surface area contributed by atoms with E-state index in [1.807, 2.05) is 0 Å². The van der Waals surface area contributed by atoms with Crippen LogP contribution in [0.5, 0.6) is 5.75 Å². The Morgan fingerprint density at radius 3 is 3.00 bits per heavy atom. The molecule has 2 heterocycles. The van der Waals surface area contributed by atoms with E-state index in [2.05, 4.69) is 9.97 Å². The third-order valence-corrected chi connectivity index (χ3v) is 1.68. The molecule has 2 N–H and O–H groups in total. The highest BCUT2D eigenvalue weighted by Crippen LogP contribution is 2.17. The van der Waals surface area contributed by atoms with Crippen LogP contribution in [0.25, 0.3) is 10.8 Å². The molecule has 4 heteroatoms. The van der Waals surface area contributed by atoms with Crippen LogP contribution in [0.15, 0.2) is 29.5 Å². The lowest BCUT2D eigenvalue weighted by atomic mass is 10.2. The van der Waals surface area contributed by atoms with E-state index in [1.165, 1.54) is 18.6 Å². The lowest BCUT2D eigenvalue weighted by Crippen LogP contribution is -2.04. The fourth-order valence-electron chi connectivity index (χ4n) is 1.09. The summed E-state index contributed by atoms with van der Waals surface area (Å²) in [6, 6.07) is 1.60. The fourth-order valence-corrected chi connectivity index (χ4v) is 1.09. The summed E-state index contributed by atoms with van der Waals surface area (Å²) >= 11 is 0. The van der Waals surface area contributed by atoms with Gasteiger partial charge in [-0.15, -0.1) is 0 Å². The van der Waals surface area contributed by atoms with E-state index >= 15 is 0 Å². The Bertz CT molecular complexity index is 476. The molecule has 0 fully saturated rings. The van der Waals surface area contributed by atoms with Crippen LogP contribution in [0.4, 0.5) is 0 Å². The summed E-state index contributed by atoms with van der Waals surface area (Å²) in [4.78, 5) is 17.3. The van der Waals surface area contributed by atoms with Crippen LogP contribution in [0.2, 0.25) is 0 Å². The topological polar surface area (TPSA) is 66.0 Å². The normalized spacial score (nSPS) is 10.3. The Morgan fingerprint density at radius 2 is 2.25 bits per heavy atom. The molecule has 0 radical (unpaired) electrons. The smallest absolute Gasteiger partial charge is 0.257 e. The van der Waals surface area contributed by atoms with Crippen molar-refractivity contribution in [3.8, 4) is 5.75 Å². The minimum atomic E-state index is -0.240. The van der Waals surface area contributed by atoms with E-state index in [0.717, 1.165) is 0 Å². The van der Waals surface area contributed by atoms with Gasteiger partial charge in [0.25, 0.3) is 5.56 Å². The second kappa shape index (κ2) is 2.34. The zero-order valence-corrected chi connectivity index (χ0v) is 6.11. The number of aromatic hydroxyl groups is 1. The number of hydrogen-bond acceptors (Lipinski definition) is 3. The Labute approximate surface area is 67.5 Å². The van der Waals surface area contributed by atoms with E-state index in [-0.39, 0.29) is 11.3 Å². The minimum Gasteiger partial charge on any atom is -0.506 e. The van der Waals surface area contributed by atoms with Crippen LogP contribution in [0, 0.1) is 0 Å². The summed E-state index contributed by atoms with van der Waals surface area (Å²) in [5.41, 5.74) is -0.240. The molecule has 12 heavy (non-hydrogen) atoms. The average molecular weight is 162 g/mol. The minimum absolute atomic E-state index is 0.0620. The maximum Gasteiger partial charge on any atom is 0.257 e. The molecule has 0 aliphatic carbocycles. The zero-order chi connectivity index (χ0) is 8.55. The second-order valence-electron chi connectivity index (χ2n) is 2.42. The van der Waals surface area contributed by atoms with E-state index in [4.69, 9.17) is 0 Å². The molecule has 0 saturated carbocycles. The quantitative estimate of drug-likeness (QED) is 0.597. The number of pyridine rings is 2. The highest BCUT2D eigenvalue weighted by Gasteiger charge is 2.01. The van der Waals surface area contributed by atoms with Crippen LogP contribution >= 0.6 is 0 Å². The number of nitrogens with one attached hydrogen (secondary N) is 1. The molecule has 0 amide bonds. The van der Waals surface area contributed by atoms with Crippen LogP contribution in [-0.2, 0) is 0 Å². The van der Waals surface area contributed by atoms with E-state index in [0.29, 0.717) is 10.8 Å². The van der Waals surface area contributed by atoms with Gasteiger partial charge in [0.15, 0.2) is 0 Å². The summed E-state index contributed by atoms with van der Waals surface area (Å²) in [5.74, 6) is 0.0620. The molecule has 2 rings (SSSR count). The molecule has 2 aromatic rings. The monoisotopic (exact) mass is 162 g/mol. The first-order valence-electron chi connectivity index (χ1n) is 3.43. The molecule has 4 nitrogen and oxygen atoms in total. The van der Waals surface area contributed by atoms with Crippen LogP contribution < -0.4 is 5.56 Å². The predicted octanol–water partition coefficient (Wildman–Crippen LogP) is 0.629. The molecule has 0 atom stereocenters. The standard InChI is InChI=1S/C8H6N2O2/c11-7-4-10-8(12)6-3-9-2-1-5(6)7/h1-4,11H,(H,10,12). The summed E-state index contributed by atoms with van der Waals surface area (Å²) in [5, 5.41) is 10.2. The van der Waals surface area contributed by atoms with Crippen molar-refractivity contribution in [2.45, 2.75) is 0 Å². The molecular formula is C8H6N2O2. The van der Waals surface area contributed by atoms with Gasteiger partial charge in [-0.1, -0.05) is 0 Å². The van der Waals surface area contributed by atoms with E-state index in [1.54, 1.807) is 6.07 Å². The van der Waals surface area contributed by atoms with Crippen molar-refractivity contribution in [3.63, 3.8) is 0 Å². The lowest BCUT2D eigenvalue weighted by Gasteiger charge is -1.96. The largest absolute Gasteiger partial charge is 0.506 e. The third kappa shape index (κ3) is 0.852.